The van der Waals surface area contributed by atoms with Crippen LogP contribution in [0, 0.1) is 6.92 Å². The number of halogens is 1. The lowest BCUT2D eigenvalue weighted by Crippen LogP contribution is -2.09. The van der Waals surface area contributed by atoms with Gasteiger partial charge in [0, 0.05) is 11.6 Å². The molecule has 1 aromatic carbocycles. The highest BCUT2D eigenvalue weighted by atomic mass is 35.5. The monoisotopic (exact) mass is 292 g/mol. The lowest BCUT2D eigenvalue weighted by molar-refractivity contribution is 0.327. The lowest BCUT2D eigenvalue weighted by Gasteiger charge is -2.12. The summed E-state index contributed by atoms with van der Waals surface area (Å²) in [6.45, 7) is 4.80. The van der Waals surface area contributed by atoms with E-state index in [4.69, 9.17) is 22.1 Å². The first-order valence-electron chi connectivity index (χ1n) is 6.35. The number of hydrogen-bond acceptors (Lipinski definition) is 5. The van der Waals surface area contributed by atoms with Crippen molar-refractivity contribution in [3.8, 4) is 5.88 Å². The summed E-state index contributed by atoms with van der Waals surface area (Å²) in [5.74, 6) is 1.61. The zero-order chi connectivity index (χ0) is 14.5. The normalized spacial score (nSPS) is 10.3. The molecule has 3 N–H and O–H groups in total. The molecule has 0 atom stereocenters. The van der Waals surface area contributed by atoms with Crippen LogP contribution in [0.3, 0.4) is 0 Å². The molecule has 0 saturated heterocycles. The van der Waals surface area contributed by atoms with Crippen LogP contribution in [0.5, 0.6) is 5.88 Å². The Morgan fingerprint density at radius 1 is 1.25 bits per heavy atom. The first kappa shape index (κ1) is 14.4. The summed E-state index contributed by atoms with van der Waals surface area (Å²) in [5, 5.41) is 3.90. The Morgan fingerprint density at radius 3 is 2.60 bits per heavy atom. The van der Waals surface area contributed by atoms with E-state index in [-0.39, 0.29) is 0 Å². The highest BCUT2D eigenvalue weighted by Gasteiger charge is 2.10. The average Bonchev–Trinajstić information content (AvgIpc) is 2.43. The van der Waals surface area contributed by atoms with Crippen LogP contribution in [0.2, 0.25) is 5.02 Å². The quantitative estimate of drug-likeness (QED) is 0.886. The molecule has 0 aliphatic carbocycles. The van der Waals surface area contributed by atoms with Gasteiger partial charge in [-0.3, -0.25) is 0 Å². The zero-order valence-corrected chi connectivity index (χ0v) is 12.2. The van der Waals surface area contributed by atoms with E-state index in [1.165, 1.54) is 0 Å². The third kappa shape index (κ3) is 3.51. The minimum Gasteiger partial charge on any atom is -0.476 e. The van der Waals surface area contributed by atoms with E-state index in [1.54, 1.807) is 6.92 Å². The summed E-state index contributed by atoms with van der Waals surface area (Å²) in [7, 11) is 0. The van der Waals surface area contributed by atoms with E-state index >= 15 is 0 Å². The van der Waals surface area contributed by atoms with Gasteiger partial charge in [-0.15, -0.1) is 0 Å². The Balaban J connectivity index is 2.14. The Morgan fingerprint density at radius 2 is 1.95 bits per heavy atom. The molecule has 1 heterocycles. The maximum absolute atomic E-state index is 5.99. The number of hydrogen-bond donors (Lipinski definition) is 2. The van der Waals surface area contributed by atoms with Crippen LogP contribution in [-0.4, -0.2) is 16.6 Å². The van der Waals surface area contributed by atoms with Crippen LogP contribution in [0.15, 0.2) is 24.3 Å². The van der Waals surface area contributed by atoms with Crippen molar-refractivity contribution in [1.29, 1.82) is 0 Å². The Kier molecular flexibility index (Phi) is 4.63. The Labute approximate surface area is 123 Å². The molecule has 106 valence electrons. The first-order valence-corrected chi connectivity index (χ1v) is 6.73. The maximum atomic E-state index is 5.99. The molecule has 20 heavy (non-hydrogen) atoms. The fraction of sp³-hybridized carbons (Fsp3) is 0.286. The summed E-state index contributed by atoms with van der Waals surface area (Å²) >= 11 is 5.85. The van der Waals surface area contributed by atoms with Gasteiger partial charge >= 0.3 is 0 Å². The predicted octanol–water partition coefficient (Wildman–Crippen LogP) is 3.03. The number of rotatable bonds is 5. The van der Waals surface area contributed by atoms with E-state index in [0.717, 1.165) is 5.56 Å². The second kappa shape index (κ2) is 6.43. The van der Waals surface area contributed by atoms with Gasteiger partial charge in [-0.25, -0.2) is 4.98 Å². The highest BCUT2D eigenvalue weighted by Crippen LogP contribution is 2.26. The zero-order valence-electron chi connectivity index (χ0n) is 11.5. The topological polar surface area (TPSA) is 73.1 Å². The molecule has 0 aliphatic rings. The van der Waals surface area contributed by atoms with Gasteiger partial charge in [-0.2, -0.15) is 4.98 Å². The van der Waals surface area contributed by atoms with Gasteiger partial charge in [-0.05, 0) is 31.5 Å². The molecule has 1 aromatic heterocycles. The van der Waals surface area contributed by atoms with Crippen LogP contribution < -0.4 is 15.8 Å². The minimum atomic E-state index is 0.415. The molecular weight excluding hydrogens is 276 g/mol. The average molecular weight is 293 g/mol. The number of aromatic nitrogens is 2. The lowest BCUT2D eigenvalue weighted by atomic mass is 10.2. The van der Waals surface area contributed by atoms with E-state index in [9.17, 15) is 0 Å². The number of benzene rings is 1. The molecule has 0 radical (unpaired) electrons. The highest BCUT2D eigenvalue weighted by molar-refractivity contribution is 6.30. The van der Waals surface area contributed by atoms with Gasteiger partial charge in [0.05, 0.1) is 6.61 Å². The van der Waals surface area contributed by atoms with Crippen molar-refractivity contribution in [3.05, 3.63) is 40.7 Å². The number of nitrogens with two attached hydrogens (primary N) is 1. The number of aryl methyl sites for hydroxylation is 1. The molecule has 0 bridgehead atoms. The van der Waals surface area contributed by atoms with Crippen molar-refractivity contribution in [2.24, 2.45) is 0 Å². The minimum absolute atomic E-state index is 0.415. The predicted molar refractivity (Wildman–Crippen MR) is 81.1 cm³/mol. The van der Waals surface area contributed by atoms with Gasteiger partial charge < -0.3 is 15.8 Å². The third-order valence-corrected chi connectivity index (χ3v) is 2.93. The fourth-order valence-corrected chi connectivity index (χ4v) is 1.85. The molecule has 0 spiro atoms. The Hall–Kier alpha value is -2.01. The van der Waals surface area contributed by atoms with Crippen LogP contribution in [0.4, 0.5) is 11.5 Å². The third-order valence-electron chi connectivity index (χ3n) is 2.68. The molecule has 6 heteroatoms. The number of nitrogens with zero attached hydrogens (tertiary/aromatic N) is 2. The van der Waals surface area contributed by atoms with Gasteiger partial charge in [-0.1, -0.05) is 23.7 Å². The standard InChI is InChI=1S/C14H17ClN4O/c1-3-20-14-12(16)13(18-9(2)19-14)17-8-10-4-6-11(15)7-5-10/h4-7H,3,8,16H2,1-2H3,(H,17,18,19). The van der Waals surface area contributed by atoms with Crippen molar-refractivity contribution < 1.29 is 4.74 Å². The van der Waals surface area contributed by atoms with Crippen LogP contribution in [0.1, 0.15) is 18.3 Å². The van der Waals surface area contributed by atoms with E-state index in [0.29, 0.717) is 41.4 Å². The van der Waals surface area contributed by atoms with E-state index in [2.05, 4.69) is 15.3 Å². The largest absolute Gasteiger partial charge is 0.476 e. The molecule has 0 unspecified atom stereocenters. The summed E-state index contributed by atoms with van der Waals surface area (Å²) in [6.07, 6.45) is 0. The van der Waals surface area contributed by atoms with Gasteiger partial charge in [0.1, 0.15) is 11.5 Å². The summed E-state index contributed by atoms with van der Waals surface area (Å²) in [6, 6.07) is 7.59. The molecule has 2 rings (SSSR count). The molecule has 0 aliphatic heterocycles. The Bertz CT molecular complexity index is 586. The summed E-state index contributed by atoms with van der Waals surface area (Å²) in [5.41, 5.74) is 7.50. The molecule has 2 aromatic rings. The van der Waals surface area contributed by atoms with Crippen molar-refractivity contribution in [1.82, 2.24) is 9.97 Å². The molecule has 0 amide bonds. The van der Waals surface area contributed by atoms with E-state index < -0.39 is 0 Å². The second-order valence-electron chi connectivity index (χ2n) is 4.25. The van der Waals surface area contributed by atoms with Gasteiger partial charge in [0.25, 0.3) is 0 Å². The maximum Gasteiger partial charge on any atom is 0.242 e. The molecular formula is C14H17ClN4O. The number of anilines is 2. The summed E-state index contributed by atoms with van der Waals surface area (Å²) < 4.78 is 5.39. The van der Waals surface area contributed by atoms with Crippen LogP contribution in [-0.2, 0) is 6.54 Å². The molecule has 5 nitrogen and oxygen atoms in total. The van der Waals surface area contributed by atoms with Crippen molar-refractivity contribution in [3.63, 3.8) is 0 Å². The van der Waals surface area contributed by atoms with Gasteiger partial charge in [0.15, 0.2) is 5.82 Å². The van der Waals surface area contributed by atoms with Crippen molar-refractivity contribution in [2.75, 3.05) is 17.7 Å². The van der Waals surface area contributed by atoms with Crippen LogP contribution >= 0.6 is 11.6 Å². The molecule has 0 saturated carbocycles. The second-order valence-corrected chi connectivity index (χ2v) is 4.69. The van der Waals surface area contributed by atoms with Gasteiger partial charge in [0.2, 0.25) is 5.88 Å². The first-order chi connectivity index (χ1) is 9.60. The number of nitrogen functional groups attached to an aromatic ring is 1. The fourth-order valence-electron chi connectivity index (χ4n) is 1.73. The smallest absolute Gasteiger partial charge is 0.242 e. The van der Waals surface area contributed by atoms with E-state index in [1.807, 2.05) is 31.2 Å². The SMILES string of the molecule is CCOc1nc(C)nc(NCc2ccc(Cl)cc2)c1N. The number of nitrogens with one attached hydrogen (secondary N) is 1. The van der Waals surface area contributed by atoms with Crippen LogP contribution in [0.25, 0.3) is 0 Å². The van der Waals surface area contributed by atoms with Crippen molar-refractivity contribution >= 4 is 23.1 Å². The number of ether oxygens (including phenoxy) is 1. The van der Waals surface area contributed by atoms with Crippen molar-refractivity contribution in [2.45, 2.75) is 20.4 Å². The molecule has 0 fully saturated rings. The summed E-state index contributed by atoms with van der Waals surface area (Å²) in [4.78, 5) is 8.47.